The molecule has 0 radical (unpaired) electrons. The first kappa shape index (κ1) is 9.43. The molecule has 2 nitrogen and oxygen atoms in total. The Balaban J connectivity index is 3.35. The summed E-state index contributed by atoms with van der Waals surface area (Å²) in [5.74, 6) is 0.492. The van der Waals surface area contributed by atoms with Crippen molar-refractivity contribution >= 4 is 24.6 Å². The Labute approximate surface area is 66.4 Å². The van der Waals surface area contributed by atoms with E-state index in [4.69, 9.17) is 0 Å². The van der Waals surface area contributed by atoms with Crippen LogP contribution in [0.3, 0.4) is 0 Å². The Hall–Kier alpha value is -0.570. The van der Waals surface area contributed by atoms with Gasteiger partial charge in [0.1, 0.15) is 12.1 Å². The molecule has 0 rings (SSSR count). The zero-order chi connectivity index (χ0) is 7.82. The van der Waals surface area contributed by atoms with Crippen molar-refractivity contribution in [3.05, 3.63) is 12.7 Å². The molecule has 0 N–H and O–H groups in total. The van der Waals surface area contributed by atoms with E-state index in [2.05, 4.69) is 29.2 Å². The second-order valence-corrected chi connectivity index (χ2v) is 2.66. The number of nitrogens with zero attached hydrogens (tertiary/aromatic N) is 2. The molecule has 0 amide bonds. The van der Waals surface area contributed by atoms with Gasteiger partial charge in [0, 0.05) is 12.4 Å². The predicted octanol–water partition coefficient (Wildman–Crippen LogP) is 2.53. The summed E-state index contributed by atoms with van der Waals surface area (Å²) >= 11 is 1.17. The molecule has 0 aliphatic heterocycles. The Morgan fingerprint density at radius 1 is 1.40 bits per heavy atom. The van der Waals surface area contributed by atoms with Gasteiger partial charge in [-0.1, -0.05) is 26.5 Å². The highest BCUT2D eigenvalue weighted by atomic mass is 32.2. The average Bonchev–Trinajstić information content (AvgIpc) is 1.87. The molecule has 0 aromatic rings. The first-order valence-electron chi connectivity index (χ1n) is 3.11. The molecule has 0 unspecified atom stereocenters. The third-order valence-corrected chi connectivity index (χ3v) is 1.05. The summed E-state index contributed by atoms with van der Waals surface area (Å²) in [6, 6.07) is 0. The second kappa shape index (κ2) is 6.55. The zero-order valence-corrected chi connectivity index (χ0v) is 7.14. The van der Waals surface area contributed by atoms with Crippen LogP contribution >= 0.6 is 12.1 Å². The molecule has 0 saturated carbocycles. The lowest BCUT2D eigenvalue weighted by atomic mass is 10.3. The van der Waals surface area contributed by atoms with Crippen LogP contribution in [-0.2, 0) is 0 Å². The fourth-order valence-corrected chi connectivity index (χ4v) is 0.739. The Kier molecular flexibility index (Phi) is 6.18. The minimum absolute atomic E-state index is 0.492. The normalized spacial score (nSPS) is 11.9. The topological polar surface area (TPSA) is 24.7 Å². The van der Waals surface area contributed by atoms with Crippen LogP contribution in [0, 0.1) is 5.92 Å². The van der Waals surface area contributed by atoms with Gasteiger partial charge in [-0.15, -0.1) is 0 Å². The van der Waals surface area contributed by atoms with Gasteiger partial charge in [0.25, 0.3) is 0 Å². The highest BCUT2D eigenvalue weighted by Gasteiger charge is 1.82. The molecule has 0 aliphatic rings. The van der Waals surface area contributed by atoms with Gasteiger partial charge in [0.2, 0.25) is 0 Å². The van der Waals surface area contributed by atoms with Gasteiger partial charge in [-0.2, -0.15) is 0 Å². The monoisotopic (exact) mass is 156 g/mol. The fraction of sp³-hybridized carbons (Fsp3) is 0.429. The molecule has 0 aromatic carbocycles. The molecule has 0 aromatic heterocycles. The van der Waals surface area contributed by atoms with Crippen LogP contribution in [0.15, 0.2) is 21.5 Å². The van der Waals surface area contributed by atoms with Crippen molar-refractivity contribution in [2.24, 2.45) is 14.7 Å². The van der Waals surface area contributed by atoms with Crippen LogP contribution in [0.1, 0.15) is 13.8 Å². The van der Waals surface area contributed by atoms with E-state index in [1.54, 1.807) is 12.3 Å². The van der Waals surface area contributed by atoms with E-state index in [9.17, 15) is 0 Å². The lowest BCUT2D eigenvalue weighted by Gasteiger charge is -1.88. The number of hydrogen-bond donors (Lipinski definition) is 0. The average molecular weight is 156 g/mol. The molecule has 0 heterocycles. The highest BCUT2D eigenvalue weighted by molar-refractivity contribution is 7.96. The molecule has 0 aliphatic carbocycles. The lowest BCUT2D eigenvalue weighted by Crippen LogP contribution is -1.83. The molecule has 0 fully saturated rings. The zero-order valence-electron chi connectivity index (χ0n) is 6.32. The molecule has 56 valence electrons. The Morgan fingerprint density at radius 2 is 2.10 bits per heavy atom. The summed E-state index contributed by atoms with van der Waals surface area (Å²) in [7, 11) is 0. The molecule has 0 spiro atoms. The van der Waals surface area contributed by atoms with Crippen LogP contribution in [-0.4, -0.2) is 12.4 Å². The minimum atomic E-state index is 0.492. The minimum Gasteiger partial charge on any atom is -0.206 e. The second-order valence-electron chi connectivity index (χ2n) is 2.07. The van der Waals surface area contributed by atoms with Crippen molar-refractivity contribution in [2.75, 3.05) is 0 Å². The van der Waals surface area contributed by atoms with Crippen molar-refractivity contribution in [1.29, 1.82) is 0 Å². The predicted molar refractivity (Wildman–Crippen MR) is 49.6 cm³/mol. The van der Waals surface area contributed by atoms with E-state index in [0.29, 0.717) is 5.92 Å². The molecule has 0 saturated heterocycles. The van der Waals surface area contributed by atoms with E-state index >= 15 is 0 Å². The molecule has 10 heavy (non-hydrogen) atoms. The van der Waals surface area contributed by atoms with E-state index in [-0.39, 0.29) is 0 Å². The van der Waals surface area contributed by atoms with Crippen molar-refractivity contribution in [2.45, 2.75) is 13.8 Å². The van der Waals surface area contributed by atoms with Gasteiger partial charge in [-0.3, -0.25) is 0 Å². The summed E-state index contributed by atoms with van der Waals surface area (Å²) < 4.78 is 7.79. The van der Waals surface area contributed by atoms with Gasteiger partial charge in [-0.25, -0.2) is 8.80 Å². The summed E-state index contributed by atoms with van der Waals surface area (Å²) in [5, 5.41) is 0. The van der Waals surface area contributed by atoms with Gasteiger partial charge in [-0.05, 0) is 5.92 Å². The van der Waals surface area contributed by atoms with E-state index < -0.39 is 0 Å². The molecule has 0 atom stereocenters. The van der Waals surface area contributed by atoms with Crippen LogP contribution in [0.4, 0.5) is 0 Å². The van der Waals surface area contributed by atoms with E-state index in [1.807, 2.05) is 6.21 Å². The SMILES string of the molecule is C=C/C=N\S/N=C/C(C)C. The summed E-state index contributed by atoms with van der Waals surface area (Å²) in [6.07, 6.45) is 5.09. The summed E-state index contributed by atoms with van der Waals surface area (Å²) in [4.78, 5) is 0. The first-order chi connectivity index (χ1) is 4.77. The molecule has 0 bridgehead atoms. The summed E-state index contributed by atoms with van der Waals surface area (Å²) in [5.41, 5.74) is 0. The van der Waals surface area contributed by atoms with E-state index in [1.165, 1.54) is 12.1 Å². The van der Waals surface area contributed by atoms with Gasteiger partial charge in [0.15, 0.2) is 0 Å². The highest BCUT2D eigenvalue weighted by Crippen LogP contribution is 2.01. The first-order valence-corrected chi connectivity index (χ1v) is 3.84. The largest absolute Gasteiger partial charge is 0.206 e. The quantitative estimate of drug-likeness (QED) is 0.453. The maximum absolute atomic E-state index is 3.95. The maximum atomic E-state index is 3.95. The van der Waals surface area contributed by atoms with E-state index in [0.717, 1.165) is 0 Å². The van der Waals surface area contributed by atoms with Crippen LogP contribution in [0.2, 0.25) is 0 Å². The number of allylic oxidation sites excluding steroid dienone is 1. The standard InChI is InChI=1S/C7H12N2S/c1-4-5-8-10-9-6-7(2)3/h4-7H,1H2,2-3H3/b8-5-,9-6+. The smallest absolute Gasteiger partial charge is 0.114 e. The van der Waals surface area contributed by atoms with Gasteiger partial charge in [0.05, 0.1) is 0 Å². The summed E-state index contributed by atoms with van der Waals surface area (Å²) in [6.45, 7) is 7.62. The Bertz CT molecular complexity index is 139. The van der Waals surface area contributed by atoms with Crippen molar-refractivity contribution in [3.8, 4) is 0 Å². The van der Waals surface area contributed by atoms with Crippen LogP contribution < -0.4 is 0 Å². The third kappa shape index (κ3) is 7.43. The molecular formula is C7H12N2S. The Morgan fingerprint density at radius 3 is 2.60 bits per heavy atom. The van der Waals surface area contributed by atoms with Crippen LogP contribution in [0.25, 0.3) is 0 Å². The molecule has 3 heteroatoms. The van der Waals surface area contributed by atoms with Crippen molar-refractivity contribution in [3.63, 3.8) is 0 Å². The maximum Gasteiger partial charge on any atom is 0.114 e. The van der Waals surface area contributed by atoms with Crippen molar-refractivity contribution in [1.82, 2.24) is 0 Å². The fourth-order valence-electron chi connectivity index (χ4n) is 0.246. The lowest BCUT2D eigenvalue weighted by molar-refractivity contribution is 0.910. The van der Waals surface area contributed by atoms with Gasteiger partial charge >= 0.3 is 0 Å². The molecular weight excluding hydrogens is 144 g/mol. The number of hydrogen-bond acceptors (Lipinski definition) is 3. The van der Waals surface area contributed by atoms with Crippen LogP contribution in [0.5, 0.6) is 0 Å². The number of rotatable bonds is 4. The third-order valence-electron chi connectivity index (χ3n) is 0.620. The van der Waals surface area contributed by atoms with Gasteiger partial charge < -0.3 is 0 Å². The van der Waals surface area contributed by atoms with Crippen molar-refractivity contribution < 1.29 is 0 Å².